The molecule has 0 aromatic carbocycles. The van der Waals surface area contributed by atoms with Crippen molar-refractivity contribution in [3.8, 4) is 0 Å². The highest BCUT2D eigenvalue weighted by Crippen LogP contribution is 2.18. The van der Waals surface area contributed by atoms with E-state index in [9.17, 15) is 9.59 Å². The molecule has 1 unspecified atom stereocenters. The van der Waals surface area contributed by atoms with Gasteiger partial charge in [0.25, 0.3) is 0 Å². The maximum absolute atomic E-state index is 11.6. The van der Waals surface area contributed by atoms with Gasteiger partial charge in [-0.15, -0.1) is 0 Å². The van der Waals surface area contributed by atoms with Gasteiger partial charge < -0.3 is 10.2 Å². The maximum Gasteiger partial charge on any atom is 0.242 e. The summed E-state index contributed by atoms with van der Waals surface area (Å²) in [4.78, 5) is 24.7. The molecule has 1 atom stereocenters. The van der Waals surface area contributed by atoms with Crippen LogP contribution in [0.25, 0.3) is 0 Å². The van der Waals surface area contributed by atoms with Gasteiger partial charge in [-0.1, -0.05) is 6.92 Å². The van der Waals surface area contributed by atoms with Crippen LogP contribution in [0.4, 0.5) is 0 Å². The van der Waals surface area contributed by atoms with Crippen LogP contribution in [-0.4, -0.2) is 35.8 Å². The molecular weight excluding hydrogens is 180 g/mol. The Balaban J connectivity index is 2.59. The lowest BCUT2D eigenvalue weighted by Gasteiger charge is -2.23. The van der Waals surface area contributed by atoms with E-state index >= 15 is 0 Å². The molecule has 1 N–H and O–H groups in total. The van der Waals surface area contributed by atoms with E-state index in [1.807, 2.05) is 13.8 Å². The second kappa shape index (κ2) is 4.98. The summed E-state index contributed by atoms with van der Waals surface area (Å²) in [6.45, 7) is 5.08. The van der Waals surface area contributed by atoms with Crippen molar-refractivity contribution in [2.75, 3.05) is 13.1 Å². The van der Waals surface area contributed by atoms with Gasteiger partial charge in [-0.2, -0.15) is 0 Å². The minimum atomic E-state index is -0.220. The summed E-state index contributed by atoms with van der Waals surface area (Å²) in [7, 11) is 0. The standard InChI is InChI=1S/C10H18N2O2/c1-3-9(13)12-7-5-6-8(12)10(14)11-4-2/h8H,3-7H2,1-2H3,(H,11,14). The lowest BCUT2D eigenvalue weighted by Crippen LogP contribution is -2.45. The molecule has 1 saturated heterocycles. The molecule has 1 aliphatic rings. The van der Waals surface area contributed by atoms with Gasteiger partial charge >= 0.3 is 0 Å². The van der Waals surface area contributed by atoms with E-state index in [0.29, 0.717) is 13.0 Å². The zero-order valence-electron chi connectivity index (χ0n) is 8.88. The Morgan fingerprint density at radius 1 is 1.43 bits per heavy atom. The van der Waals surface area contributed by atoms with Crippen LogP contribution in [0.5, 0.6) is 0 Å². The first-order valence-corrected chi connectivity index (χ1v) is 5.27. The monoisotopic (exact) mass is 198 g/mol. The van der Waals surface area contributed by atoms with Crippen LogP contribution >= 0.6 is 0 Å². The Bertz CT molecular complexity index is 228. The van der Waals surface area contributed by atoms with Gasteiger partial charge in [-0.3, -0.25) is 9.59 Å². The van der Waals surface area contributed by atoms with E-state index in [-0.39, 0.29) is 17.9 Å². The average Bonchev–Trinajstić information content (AvgIpc) is 2.65. The van der Waals surface area contributed by atoms with E-state index in [2.05, 4.69) is 5.32 Å². The number of hydrogen-bond donors (Lipinski definition) is 1. The predicted octanol–water partition coefficient (Wildman–Crippen LogP) is 0.523. The maximum atomic E-state index is 11.6. The molecule has 2 amide bonds. The van der Waals surface area contributed by atoms with Crippen LogP contribution in [0.2, 0.25) is 0 Å². The zero-order chi connectivity index (χ0) is 10.6. The van der Waals surface area contributed by atoms with Gasteiger partial charge in [0.15, 0.2) is 0 Å². The lowest BCUT2D eigenvalue weighted by atomic mass is 10.2. The predicted molar refractivity (Wildman–Crippen MR) is 53.7 cm³/mol. The molecule has 0 aromatic heterocycles. The molecule has 0 saturated carbocycles. The van der Waals surface area contributed by atoms with E-state index in [4.69, 9.17) is 0 Å². The van der Waals surface area contributed by atoms with Crippen molar-refractivity contribution in [1.82, 2.24) is 10.2 Å². The number of nitrogens with zero attached hydrogens (tertiary/aromatic N) is 1. The number of likely N-dealkylation sites (tertiary alicyclic amines) is 1. The van der Waals surface area contributed by atoms with Crippen molar-refractivity contribution in [1.29, 1.82) is 0 Å². The van der Waals surface area contributed by atoms with Crippen LogP contribution in [0.3, 0.4) is 0 Å². The molecule has 4 heteroatoms. The number of nitrogens with one attached hydrogen (secondary N) is 1. The van der Waals surface area contributed by atoms with Crippen molar-refractivity contribution >= 4 is 11.8 Å². The van der Waals surface area contributed by atoms with Crippen LogP contribution < -0.4 is 5.32 Å². The quantitative estimate of drug-likeness (QED) is 0.719. The molecule has 1 heterocycles. The molecule has 4 nitrogen and oxygen atoms in total. The van der Waals surface area contributed by atoms with Gasteiger partial charge in [0.2, 0.25) is 11.8 Å². The van der Waals surface area contributed by atoms with Crippen LogP contribution in [0, 0.1) is 0 Å². The van der Waals surface area contributed by atoms with Crippen molar-refractivity contribution < 1.29 is 9.59 Å². The molecule has 80 valence electrons. The molecule has 1 rings (SSSR count). The van der Waals surface area contributed by atoms with Crippen molar-refractivity contribution in [2.24, 2.45) is 0 Å². The molecule has 14 heavy (non-hydrogen) atoms. The molecule has 0 radical (unpaired) electrons. The topological polar surface area (TPSA) is 49.4 Å². The van der Waals surface area contributed by atoms with E-state index in [1.54, 1.807) is 4.90 Å². The number of likely N-dealkylation sites (N-methyl/N-ethyl adjacent to an activating group) is 1. The lowest BCUT2D eigenvalue weighted by molar-refractivity contribution is -0.138. The fraction of sp³-hybridized carbons (Fsp3) is 0.800. The Kier molecular flexibility index (Phi) is 3.92. The van der Waals surface area contributed by atoms with Gasteiger partial charge in [-0.05, 0) is 19.8 Å². The molecular formula is C10H18N2O2. The molecule has 0 bridgehead atoms. The van der Waals surface area contributed by atoms with Crippen molar-refractivity contribution in [3.63, 3.8) is 0 Å². The molecule has 1 aliphatic heterocycles. The number of carbonyl (C=O) groups excluding carboxylic acids is 2. The highest BCUT2D eigenvalue weighted by atomic mass is 16.2. The second-order valence-corrected chi connectivity index (χ2v) is 3.49. The van der Waals surface area contributed by atoms with Crippen molar-refractivity contribution in [3.05, 3.63) is 0 Å². The minimum absolute atomic E-state index is 0.00759. The Hall–Kier alpha value is -1.06. The minimum Gasteiger partial charge on any atom is -0.355 e. The first-order valence-electron chi connectivity index (χ1n) is 5.27. The summed E-state index contributed by atoms with van der Waals surface area (Å²) in [5.74, 6) is 0.0746. The van der Waals surface area contributed by atoms with Gasteiger partial charge in [-0.25, -0.2) is 0 Å². The van der Waals surface area contributed by atoms with Crippen LogP contribution in [-0.2, 0) is 9.59 Å². The second-order valence-electron chi connectivity index (χ2n) is 3.49. The zero-order valence-corrected chi connectivity index (χ0v) is 8.88. The summed E-state index contributed by atoms with van der Waals surface area (Å²) >= 11 is 0. The summed E-state index contributed by atoms with van der Waals surface area (Å²) in [5.41, 5.74) is 0. The highest BCUT2D eigenvalue weighted by molar-refractivity contribution is 5.88. The third-order valence-corrected chi connectivity index (χ3v) is 2.53. The van der Waals surface area contributed by atoms with Gasteiger partial charge in [0.1, 0.15) is 6.04 Å². The third-order valence-electron chi connectivity index (χ3n) is 2.53. The number of amides is 2. The fourth-order valence-electron chi connectivity index (χ4n) is 1.83. The SMILES string of the molecule is CCNC(=O)C1CCCN1C(=O)CC. The first kappa shape index (κ1) is 11.0. The van der Waals surface area contributed by atoms with Gasteiger partial charge in [0.05, 0.1) is 0 Å². The van der Waals surface area contributed by atoms with Crippen LogP contribution in [0.15, 0.2) is 0 Å². The molecule has 0 aliphatic carbocycles. The largest absolute Gasteiger partial charge is 0.355 e. The Morgan fingerprint density at radius 2 is 2.14 bits per heavy atom. The smallest absolute Gasteiger partial charge is 0.242 e. The summed E-state index contributed by atoms with van der Waals surface area (Å²) in [5, 5.41) is 2.76. The molecule has 0 spiro atoms. The summed E-state index contributed by atoms with van der Waals surface area (Å²) < 4.78 is 0. The van der Waals surface area contributed by atoms with E-state index < -0.39 is 0 Å². The Morgan fingerprint density at radius 3 is 2.71 bits per heavy atom. The molecule has 0 aromatic rings. The Labute approximate surface area is 84.7 Å². The number of rotatable bonds is 3. The third kappa shape index (κ3) is 2.25. The normalized spacial score (nSPS) is 21.0. The average molecular weight is 198 g/mol. The number of carbonyl (C=O) groups is 2. The van der Waals surface area contributed by atoms with Gasteiger partial charge in [0, 0.05) is 19.5 Å². The van der Waals surface area contributed by atoms with Crippen LogP contribution in [0.1, 0.15) is 33.1 Å². The first-order chi connectivity index (χ1) is 6.70. The summed E-state index contributed by atoms with van der Waals surface area (Å²) in [6.07, 6.45) is 2.22. The highest BCUT2D eigenvalue weighted by Gasteiger charge is 2.32. The van der Waals surface area contributed by atoms with E-state index in [0.717, 1.165) is 19.4 Å². The van der Waals surface area contributed by atoms with Crippen molar-refractivity contribution in [2.45, 2.75) is 39.2 Å². The summed E-state index contributed by atoms with van der Waals surface area (Å²) in [6, 6.07) is -0.220. The fourth-order valence-corrected chi connectivity index (χ4v) is 1.83. The van der Waals surface area contributed by atoms with E-state index in [1.165, 1.54) is 0 Å². The number of hydrogen-bond acceptors (Lipinski definition) is 2. The molecule has 1 fully saturated rings.